The highest BCUT2D eigenvalue weighted by atomic mass is 32.2. The first-order valence-electron chi connectivity index (χ1n) is 34.6. The predicted octanol–water partition coefficient (Wildman–Crippen LogP) is 3.70. The molecular weight excluding hydrogens is 1580 g/mol. The van der Waals surface area contributed by atoms with Crippen LogP contribution in [-0.4, -0.2) is 236 Å². The molecule has 4 N–H and O–H groups in total. The summed E-state index contributed by atoms with van der Waals surface area (Å²) in [5.41, 5.74) is -6.22. The molecule has 20 atom stereocenters. The van der Waals surface area contributed by atoms with Crippen molar-refractivity contribution in [3.8, 4) is 0 Å². The SMILES string of the molecule is CC(OC(=O)C12CC3CC(C1)CC(C(C)(C)O)(C3)C2)C(F)(F)S(=O)(=O)[O-].CC(OC(=O)C1C2CC3CC1CC(C(C)(C)O)(C3)C2)C(F)(F)S(=O)(=O)[O-].CC(OC(=O)COC1C2OC(=O)C3C2OC1C3C(C)(C)O)C(F)(F)S(=O)(=O)[O-].CC(OC(=O)COC1C2OC(=O)C3C2SC1C3C(C)(C)O)C(F)(F)S(=O)(=O)[O-]. The molecule has 108 heavy (non-hydrogen) atoms. The molecule has 31 nitrogen and oxygen atoms in total. The van der Waals surface area contributed by atoms with Crippen LogP contribution in [0.5, 0.6) is 0 Å². The lowest BCUT2D eigenvalue weighted by Gasteiger charge is -2.64. The average Bonchev–Trinajstić information content (AvgIpc) is 1.06. The topological polar surface area (TPSA) is 495 Å². The van der Waals surface area contributed by atoms with Crippen molar-refractivity contribution in [2.45, 2.75) is 269 Å². The maximum Gasteiger partial charge on any atom is 0.370 e. The molecule has 8 saturated carbocycles. The molecule has 20 unspecified atom stereocenters. The summed E-state index contributed by atoms with van der Waals surface area (Å²) in [5.74, 6) is -7.68. The molecule has 620 valence electrons. The summed E-state index contributed by atoms with van der Waals surface area (Å²) < 4.78 is 281. The van der Waals surface area contributed by atoms with Gasteiger partial charge in [-0.3, -0.25) is 19.2 Å². The highest BCUT2D eigenvalue weighted by Crippen LogP contribution is 2.70. The molecule has 14 fully saturated rings. The Labute approximate surface area is 621 Å². The quantitative estimate of drug-likeness (QED) is 0.0463. The van der Waals surface area contributed by atoms with Gasteiger partial charge in [0.2, 0.25) is 0 Å². The van der Waals surface area contributed by atoms with Crippen LogP contribution < -0.4 is 0 Å². The summed E-state index contributed by atoms with van der Waals surface area (Å²) in [5, 5.41) is 22.6. The zero-order chi connectivity index (χ0) is 81.9. The van der Waals surface area contributed by atoms with Gasteiger partial charge in [0.05, 0.1) is 56.9 Å². The van der Waals surface area contributed by atoms with E-state index in [0.29, 0.717) is 51.9 Å². The van der Waals surface area contributed by atoms with Crippen LogP contribution in [0.4, 0.5) is 35.1 Å². The number of hydrogen-bond acceptors (Lipinski definition) is 32. The lowest BCUT2D eigenvalue weighted by atomic mass is 9.41. The van der Waals surface area contributed by atoms with Crippen LogP contribution >= 0.6 is 11.8 Å². The van der Waals surface area contributed by atoms with Crippen molar-refractivity contribution in [2.75, 3.05) is 13.2 Å². The second-order valence-electron chi connectivity index (χ2n) is 33.3. The third-order valence-electron chi connectivity index (χ3n) is 24.3. The fraction of sp³-hybridized carbons (Fsp3) is 0.906. The zero-order valence-corrected chi connectivity index (χ0v) is 64.4. The van der Waals surface area contributed by atoms with Crippen LogP contribution in [0.2, 0.25) is 0 Å². The van der Waals surface area contributed by atoms with Crippen LogP contribution in [0.1, 0.15) is 154 Å². The van der Waals surface area contributed by atoms with Gasteiger partial charge in [0.25, 0.3) is 0 Å². The molecule has 14 aliphatic rings. The van der Waals surface area contributed by atoms with E-state index < -0.39 is 234 Å². The average molecular weight is 1670 g/mol. The fourth-order valence-corrected chi connectivity index (χ4v) is 23.6. The fourth-order valence-electron chi connectivity index (χ4n) is 19.5. The van der Waals surface area contributed by atoms with E-state index >= 15 is 0 Å². The lowest BCUT2D eigenvalue weighted by molar-refractivity contribution is -0.216. The number of fused-ring (bicyclic) bond motifs is 2. The molecule has 0 aromatic heterocycles. The van der Waals surface area contributed by atoms with Crippen molar-refractivity contribution in [1.82, 2.24) is 0 Å². The van der Waals surface area contributed by atoms with Gasteiger partial charge in [0.15, 0.2) is 71.0 Å². The van der Waals surface area contributed by atoms with Crippen molar-refractivity contribution in [3.63, 3.8) is 0 Å². The Morgan fingerprint density at radius 3 is 1.30 bits per heavy atom. The number of carbonyl (C=O) groups is 6. The molecule has 44 heteroatoms. The first-order chi connectivity index (χ1) is 48.6. The van der Waals surface area contributed by atoms with Crippen molar-refractivity contribution in [3.05, 3.63) is 0 Å². The lowest BCUT2D eigenvalue weighted by Crippen LogP contribution is -2.62. The van der Waals surface area contributed by atoms with Crippen molar-refractivity contribution in [2.24, 2.45) is 75.4 Å². The minimum atomic E-state index is -6.03. The Bertz CT molecular complexity index is 3810. The smallest absolute Gasteiger partial charge is 0.370 e. The van der Waals surface area contributed by atoms with Crippen molar-refractivity contribution >= 4 is 88.1 Å². The van der Waals surface area contributed by atoms with Crippen LogP contribution in [0, 0.1) is 75.4 Å². The second-order valence-corrected chi connectivity index (χ2v) is 40.4. The molecule has 6 aliphatic heterocycles. The summed E-state index contributed by atoms with van der Waals surface area (Å²) >= 11 is 1.41. The van der Waals surface area contributed by atoms with Gasteiger partial charge in [-0.05, 0) is 189 Å². The molecular formula is C64H88F8O31S5-4. The van der Waals surface area contributed by atoms with Crippen molar-refractivity contribution in [1.29, 1.82) is 0 Å². The van der Waals surface area contributed by atoms with Gasteiger partial charge in [-0.1, -0.05) is 0 Å². The predicted molar refractivity (Wildman–Crippen MR) is 342 cm³/mol. The van der Waals surface area contributed by atoms with E-state index in [-0.39, 0.29) is 39.6 Å². The molecule has 0 aromatic rings. The normalized spacial score (nSPS) is 37.0. The Hall–Kier alpha value is -4.03. The van der Waals surface area contributed by atoms with Crippen LogP contribution in [0.25, 0.3) is 0 Å². The van der Waals surface area contributed by atoms with E-state index in [2.05, 4.69) is 9.47 Å². The third kappa shape index (κ3) is 16.0. The summed E-state index contributed by atoms with van der Waals surface area (Å²) in [6.45, 7) is 13.9. The van der Waals surface area contributed by atoms with E-state index in [1.165, 1.54) is 25.6 Å². The maximum absolute atomic E-state index is 13.7. The molecule has 0 spiro atoms. The molecule has 0 amide bonds. The zero-order valence-electron chi connectivity index (χ0n) is 60.3. The van der Waals surface area contributed by atoms with E-state index in [4.69, 9.17) is 33.2 Å². The summed E-state index contributed by atoms with van der Waals surface area (Å²) in [6, 6.07) is 0. The molecule has 0 radical (unpaired) electrons. The number of aliphatic hydroxyl groups is 4. The number of esters is 6. The number of halogens is 8. The maximum atomic E-state index is 13.7. The Morgan fingerprint density at radius 1 is 0.491 bits per heavy atom. The van der Waals surface area contributed by atoms with Gasteiger partial charge < -0.3 is 81.3 Å². The number of thioether (sulfide) groups is 1. The minimum absolute atomic E-state index is 0.0788. The molecule has 0 aromatic carbocycles. The van der Waals surface area contributed by atoms with Gasteiger partial charge in [-0.2, -0.15) is 35.1 Å². The Kier molecular flexibility index (Phi) is 23.4. The molecule has 12 bridgehead atoms. The number of ether oxygens (including phenoxy) is 9. The van der Waals surface area contributed by atoms with Gasteiger partial charge in [0.1, 0.15) is 37.6 Å². The van der Waals surface area contributed by atoms with E-state index in [9.17, 15) is 136 Å². The summed E-state index contributed by atoms with van der Waals surface area (Å²) in [6.07, 6.45) is -6.84. The van der Waals surface area contributed by atoms with E-state index in [0.717, 1.165) is 52.4 Å². The minimum Gasteiger partial charge on any atom is -0.743 e. The van der Waals surface area contributed by atoms with Crippen molar-refractivity contribution < 1.29 is 179 Å². The van der Waals surface area contributed by atoms with Gasteiger partial charge in [-0.15, -0.1) is 11.8 Å². The Balaban J connectivity index is 0.000000166. The molecule has 8 aliphatic carbocycles. The Morgan fingerprint density at radius 2 is 0.880 bits per heavy atom. The monoisotopic (exact) mass is 1660 g/mol. The first-order valence-corrected chi connectivity index (χ1v) is 41.2. The van der Waals surface area contributed by atoms with E-state index in [1.54, 1.807) is 41.5 Å². The number of rotatable bonds is 24. The number of carbonyl (C=O) groups excluding carboxylic acids is 6. The first kappa shape index (κ1) is 87.9. The second kappa shape index (κ2) is 28.8. The summed E-state index contributed by atoms with van der Waals surface area (Å²) in [4.78, 5) is 73.1. The van der Waals surface area contributed by atoms with Crippen LogP contribution in [0.3, 0.4) is 0 Å². The standard InChI is InChI=1S/2C17H26F2O6S.C15H20F2O10S.C15H20F2O9S2/c1-10(17(18,19)26(22,23)24)25-13(20)15-5-11-4-12(6-15)8-16(7-11,9-15)14(2,3)21;1-9(17(18,19)26(22,23)24)25-14(20)13-11-4-10-5-12(13)8-16(6-10,7-11)15(2,3)21;1-5(15(16,17)28(21,22)23)25-6(18)4-24-11-10-8(14(2,3)20)7-9(26-10)12(11)27-13(7)19;1-5(15(16,17)28(21,22)23)25-6(18)4-24-9-10-11-7(13(19)26-10)8(12(9)27-11)14(2,3)20/h10-12,21H,4-9H2,1-3H3,(H,22,23,24);9-13,21H,4-8H2,1-3H3,(H,22,23,24);2*5,7-12,20H,4H2,1-3H3,(H,21,22,23)/p-4. The van der Waals surface area contributed by atoms with Gasteiger partial charge >= 0.3 is 56.8 Å². The van der Waals surface area contributed by atoms with Gasteiger partial charge in [0, 0.05) is 22.5 Å². The highest BCUT2D eigenvalue weighted by Gasteiger charge is 2.73. The molecule has 6 saturated heterocycles. The molecule has 14 rings (SSSR count). The number of alkyl halides is 8. The largest absolute Gasteiger partial charge is 0.743 e. The molecule has 6 heterocycles. The summed E-state index contributed by atoms with van der Waals surface area (Å²) in [7, 11) is -23.9. The van der Waals surface area contributed by atoms with Gasteiger partial charge in [-0.25, -0.2) is 43.3 Å². The third-order valence-corrected chi connectivity index (χ3v) is 30.0. The number of hydrogen-bond donors (Lipinski definition) is 4. The highest BCUT2D eigenvalue weighted by molar-refractivity contribution is 8.01. The van der Waals surface area contributed by atoms with Crippen LogP contribution in [-0.2, 0) is 112 Å². The van der Waals surface area contributed by atoms with Crippen LogP contribution in [0.15, 0.2) is 0 Å². The van der Waals surface area contributed by atoms with E-state index in [1.807, 2.05) is 0 Å².